The van der Waals surface area contributed by atoms with Gasteiger partial charge >= 0.3 is 6.18 Å². The van der Waals surface area contributed by atoms with Gasteiger partial charge < -0.3 is 23.8 Å². The highest BCUT2D eigenvalue weighted by atomic mass is 79.9. The number of benzene rings is 3. The van der Waals surface area contributed by atoms with E-state index < -0.39 is 12.8 Å². The van der Waals surface area contributed by atoms with Crippen molar-refractivity contribution >= 4 is 68.6 Å². The lowest BCUT2D eigenvalue weighted by Crippen LogP contribution is -2.48. The zero-order valence-electron chi connectivity index (χ0n) is 27.5. The maximum absolute atomic E-state index is 13.6. The zero-order chi connectivity index (χ0) is 35.6. The van der Waals surface area contributed by atoms with Crippen molar-refractivity contribution in [3.8, 4) is 17.4 Å². The summed E-state index contributed by atoms with van der Waals surface area (Å²) in [6, 6.07) is 22.1. The predicted molar refractivity (Wildman–Crippen MR) is 196 cm³/mol. The van der Waals surface area contributed by atoms with E-state index in [4.69, 9.17) is 32.7 Å². The van der Waals surface area contributed by atoms with Gasteiger partial charge in [-0.3, -0.25) is 14.5 Å². The highest BCUT2D eigenvalue weighted by Crippen LogP contribution is 2.29. The van der Waals surface area contributed by atoms with Crippen LogP contribution in [0.15, 0.2) is 85.1 Å². The van der Waals surface area contributed by atoms with E-state index in [1.807, 2.05) is 34.7 Å². The second kappa shape index (κ2) is 15.9. The van der Waals surface area contributed by atoms with Crippen LogP contribution >= 0.6 is 40.2 Å². The molecule has 1 aliphatic rings. The molecule has 0 radical (unpaired) electrons. The van der Waals surface area contributed by atoms with Crippen molar-refractivity contribution in [2.75, 3.05) is 44.7 Å². The molecule has 6 rings (SSSR count). The lowest BCUT2D eigenvalue weighted by atomic mass is 10.2. The van der Waals surface area contributed by atoms with E-state index in [9.17, 15) is 22.8 Å². The second-order valence-corrected chi connectivity index (χ2v) is 12.7. The van der Waals surface area contributed by atoms with E-state index in [1.54, 1.807) is 49.5 Å². The molecule has 2 amide bonds. The summed E-state index contributed by atoms with van der Waals surface area (Å²) in [5.74, 6) is 0.685. The number of carbonyl (C=O) groups excluding carboxylic acids is 2. The first kappa shape index (κ1) is 37.9. The molecular formula is C36H33BrCl2F3N5O4. The second-order valence-electron chi connectivity index (χ2n) is 11.9. The van der Waals surface area contributed by atoms with E-state index in [2.05, 4.69) is 9.88 Å². The van der Waals surface area contributed by atoms with Gasteiger partial charge in [-0.05, 0) is 60.2 Å². The van der Waals surface area contributed by atoms with Crippen molar-refractivity contribution in [3.05, 3.63) is 112 Å². The number of aryl methyl sites for hydroxylation is 1. The van der Waals surface area contributed by atoms with Gasteiger partial charge in [-0.1, -0.05) is 35.3 Å². The molecule has 0 saturated carbocycles. The number of piperazine rings is 1. The molecule has 0 bridgehead atoms. The van der Waals surface area contributed by atoms with Gasteiger partial charge in [-0.25, -0.2) is 4.98 Å². The Hall–Kier alpha value is -4.30. The molecule has 1 fully saturated rings. The van der Waals surface area contributed by atoms with E-state index in [0.717, 1.165) is 16.5 Å². The number of hydrogen-bond acceptors (Lipinski definition) is 6. The number of ether oxygens (including phenoxy) is 2. The normalized spacial score (nSPS) is 13.5. The van der Waals surface area contributed by atoms with Crippen molar-refractivity contribution in [2.24, 2.45) is 7.05 Å². The summed E-state index contributed by atoms with van der Waals surface area (Å²) < 4.78 is 49.9. The Balaban J connectivity index is 0.00000504. The molecule has 3 heterocycles. The number of halogens is 6. The molecule has 0 N–H and O–H groups in total. The van der Waals surface area contributed by atoms with Gasteiger partial charge in [-0.15, -0.1) is 17.0 Å². The Morgan fingerprint density at radius 1 is 0.882 bits per heavy atom. The number of nitrogens with zero attached hydrogens (tertiary/aromatic N) is 5. The number of hydrogen-bond donors (Lipinski definition) is 0. The molecule has 15 heteroatoms. The Labute approximate surface area is 312 Å². The van der Waals surface area contributed by atoms with Crippen molar-refractivity contribution in [3.63, 3.8) is 0 Å². The number of fused-ring (bicyclic) bond motifs is 1. The average Bonchev–Trinajstić information content (AvgIpc) is 3.43. The molecule has 5 aromatic rings. The van der Waals surface area contributed by atoms with Crippen LogP contribution in [0.2, 0.25) is 10.0 Å². The zero-order valence-corrected chi connectivity index (χ0v) is 30.7. The third kappa shape index (κ3) is 9.14. The first-order chi connectivity index (χ1) is 23.8. The number of anilines is 1. The van der Waals surface area contributed by atoms with Gasteiger partial charge in [-0.2, -0.15) is 13.2 Å². The predicted octanol–water partition coefficient (Wildman–Crippen LogP) is 8.43. The smallest absolute Gasteiger partial charge is 0.422 e. The van der Waals surface area contributed by atoms with E-state index in [0.29, 0.717) is 71.3 Å². The fourth-order valence-corrected chi connectivity index (χ4v) is 5.95. The highest BCUT2D eigenvalue weighted by molar-refractivity contribution is 8.93. The first-order valence-electron chi connectivity index (χ1n) is 15.6. The third-order valence-electron chi connectivity index (χ3n) is 8.43. The van der Waals surface area contributed by atoms with Gasteiger partial charge in [0.15, 0.2) is 6.61 Å². The van der Waals surface area contributed by atoms with Gasteiger partial charge in [0.25, 0.3) is 11.8 Å². The molecular weight excluding hydrogens is 774 g/mol. The van der Waals surface area contributed by atoms with Crippen LogP contribution in [-0.4, -0.2) is 77.2 Å². The maximum Gasteiger partial charge on any atom is 0.422 e. The Kier molecular flexibility index (Phi) is 11.9. The standard InChI is InChI=1S/C36H32Cl2F3N5O4.BrH/c1-43(34(47)25-6-11-29(37)30(38)17-25)26-7-12-33(42-20-26)50-28-10-5-24-18-32(44(2)31(24)19-28)35(48)46-15-13-45(14-16-46)21-23-3-8-27(9-4-23)49-22-36(39,40)41;/h3-12,17-20H,13-16,21-22H2,1-2H3;1H. The van der Waals surface area contributed by atoms with Crippen molar-refractivity contribution in [1.82, 2.24) is 19.4 Å². The molecule has 0 atom stereocenters. The molecule has 0 spiro atoms. The molecule has 3 aromatic carbocycles. The minimum Gasteiger partial charge on any atom is -0.484 e. The molecule has 1 aliphatic heterocycles. The van der Waals surface area contributed by atoms with Crippen LogP contribution in [0.1, 0.15) is 26.4 Å². The Morgan fingerprint density at radius 2 is 1.59 bits per heavy atom. The molecule has 268 valence electrons. The number of pyridine rings is 1. The van der Waals surface area contributed by atoms with Crippen molar-refractivity contribution in [2.45, 2.75) is 12.7 Å². The number of aromatic nitrogens is 2. The quantitative estimate of drug-likeness (QED) is 0.149. The highest BCUT2D eigenvalue weighted by Gasteiger charge is 2.28. The molecule has 9 nitrogen and oxygen atoms in total. The van der Waals surface area contributed by atoms with E-state index in [-0.39, 0.29) is 34.5 Å². The molecule has 0 aliphatic carbocycles. The van der Waals surface area contributed by atoms with Crippen LogP contribution < -0.4 is 14.4 Å². The van der Waals surface area contributed by atoms with Crippen LogP contribution in [0.5, 0.6) is 17.4 Å². The maximum atomic E-state index is 13.6. The fourth-order valence-electron chi connectivity index (χ4n) is 5.66. The number of carbonyl (C=O) groups is 2. The monoisotopic (exact) mass is 805 g/mol. The summed E-state index contributed by atoms with van der Waals surface area (Å²) >= 11 is 12.0. The largest absolute Gasteiger partial charge is 0.484 e. The lowest BCUT2D eigenvalue weighted by Gasteiger charge is -2.34. The fraction of sp³-hybridized carbons (Fsp3) is 0.250. The van der Waals surface area contributed by atoms with Crippen molar-refractivity contribution in [1.29, 1.82) is 0 Å². The van der Waals surface area contributed by atoms with Crippen LogP contribution in [0, 0.1) is 0 Å². The minimum absolute atomic E-state index is 0. The van der Waals surface area contributed by atoms with Gasteiger partial charge in [0.2, 0.25) is 5.88 Å². The minimum atomic E-state index is -4.38. The molecule has 2 aromatic heterocycles. The number of alkyl halides is 3. The molecule has 51 heavy (non-hydrogen) atoms. The van der Waals surface area contributed by atoms with E-state index >= 15 is 0 Å². The molecule has 1 saturated heterocycles. The number of rotatable bonds is 9. The first-order valence-corrected chi connectivity index (χ1v) is 16.4. The van der Waals surface area contributed by atoms with Gasteiger partial charge in [0, 0.05) is 69.9 Å². The summed E-state index contributed by atoms with van der Waals surface area (Å²) in [4.78, 5) is 36.3. The average molecular weight is 807 g/mol. The van der Waals surface area contributed by atoms with Crippen LogP contribution in [0.3, 0.4) is 0 Å². The van der Waals surface area contributed by atoms with E-state index in [1.165, 1.54) is 29.3 Å². The van der Waals surface area contributed by atoms with Crippen LogP contribution in [-0.2, 0) is 13.6 Å². The number of amides is 2. The van der Waals surface area contributed by atoms with Gasteiger partial charge in [0.05, 0.1) is 27.4 Å². The summed E-state index contributed by atoms with van der Waals surface area (Å²) in [6.07, 6.45) is -2.85. The lowest BCUT2D eigenvalue weighted by molar-refractivity contribution is -0.153. The van der Waals surface area contributed by atoms with Gasteiger partial charge in [0.1, 0.15) is 17.2 Å². The summed E-state index contributed by atoms with van der Waals surface area (Å²) in [5.41, 5.74) is 3.26. The summed E-state index contributed by atoms with van der Waals surface area (Å²) in [7, 11) is 3.47. The topological polar surface area (TPSA) is 80.1 Å². The van der Waals surface area contributed by atoms with Crippen molar-refractivity contribution < 1.29 is 32.2 Å². The summed E-state index contributed by atoms with van der Waals surface area (Å²) in [6.45, 7) is 1.68. The Bertz CT molecular complexity index is 2020. The molecule has 0 unspecified atom stereocenters. The Morgan fingerprint density at radius 3 is 2.24 bits per heavy atom. The van der Waals surface area contributed by atoms with Crippen LogP contribution in [0.25, 0.3) is 10.9 Å². The SMILES string of the molecule is Br.CN(C(=O)c1ccc(Cl)c(Cl)c1)c1ccc(Oc2ccc3cc(C(=O)N4CCN(Cc5ccc(OCC(F)(F)F)cc5)CC4)n(C)c3c2)nc1. The summed E-state index contributed by atoms with van der Waals surface area (Å²) in [5, 5.41) is 1.54. The third-order valence-corrected chi connectivity index (χ3v) is 9.17. The van der Waals surface area contributed by atoms with Crippen LogP contribution in [0.4, 0.5) is 18.9 Å².